The van der Waals surface area contributed by atoms with Crippen molar-refractivity contribution in [2.24, 2.45) is 5.73 Å². The Morgan fingerprint density at radius 3 is 2.29 bits per heavy atom. The molecule has 3 aromatic rings. The van der Waals surface area contributed by atoms with Gasteiger partial charge in [-0.3, -0.25) is 9.59 Å². The zero-order chi connectivity index (χ0) is 24.7. The highest BCUT2D eigenvalue weighted by molar-refractivity contribution is 5.99. The van der Waals surface area contributed by atoms with Gasteiger partial charge in [0.1, 0.15) is 0 Å². The number of likely N-dealkylation sites (N-methyl/N-ethyl adjacent to an activating group) is 1. The Morgan fingerprint density at radius 1 is 0.912 bits per heavy atom. The van der Waals surface area contributed by atoms with E-state index >= 15 is 0 Å². The van der Waals surface area contributed by atoms with Crippen molar-refractivity contribution >= 4 is 28.2 Å². The predicted molar refractivity (Wildman–Crippen MR) is 136 cm³/mol. The van der Waals surface area contributed by atoms with E-state index in [1.807, 2.05) is 71.4 Å². The maximum absolute atomic E-state index is 13.2. The van der Waals surface area contributed by atoms with Gasteiger partial charge < -0.3 is 25.0 Å². The average Bonchev–Trinajstić information content (AvgIpc) is 2.85. The van der Waals surface area contributed by atoms with Gasteiger partial charge in [-0.1, -0.05) is 24.3 Å². The zero-order valence-electron chi connectivity index (χ0n) is 20.3. The number of ketones is 1. The minimum Gasteiger partial charge on any atom is -0.493 e. The number of methoxy groups -OCH3 is 2. The number of rotatable bonds is 11. The van der Waals surface area contributed by atoms with Crippen molar-refractivity contribution in [3.8, 4) is 11.5 Å². The number of carbonyl (C=O) groups excluding carboxylic acids is 2. The number of amides is 1. The summed E-state index contributed by atoms with van der Waals surface area (Å²) < 4.78 is 10.7. The standard InChI is InChI=1S/C27H33N3O4/c1-19(31)21-7-8-23-16-24(10-9-22(23)15-21)29(2)18-27(32)30(13-5-12-28)17-20-6-11-25(33-3)26(14-20)34-4/h6-11,14-16H,5,12-13,17-18,28H2,1-4H3. The van der Waals surface area contributed by atoms with Crippen LogP contribution < -0.4 is 20.1 Å². The van der Waals surface area contributed by atoms with Crippen molar-refractivity contribution in [3.63, 3.8) is 0 Å². The molecular formula is C27H33N3O4. The highest BCUT2D eigenvalue weighted by Crippen LogP contribution is 2.28. The van der Waals surface area contributed by atoms with Crippen LogP contribution in [0.5, 0.6) is 11.5 Å². The van der Waals surface area contributed by atoms with Crippen molar-refractivity contribution in [2.75, 3.05) is 45.8 Å². The molecule has 7 nitrogen and oxygen atoms in total. The van der Waals surface area contributed by atoms with Crippen molar-refractivity contribution in [1.29, 1.82) is 0 Å². The lowest BCUT2D eigenvalue weighted by atomic mass is 10.0. The number of hydrogen-bond acceptors (Lipinski definition) is 6. The highest BCUT2D eigenvalue weighted by Gasteiger charge is 2.17. The summed E-state index contributed by atoms with van der Waals surface area (Å²) in [5.74, 6) is 1.34. The van der Waals surface area contributed by atoms with Gasteiger partial charge in [0.15, 0.2) is 17.3 Å². The molecule has 0 saturated carbocycles. The number of ether oxygens (including phenoxy) is 2. The molecular weight excluding hydrogens is 430 g/mol. The molecule has 3 aromatic carbocycles. The number of hydrogen-bond donors (Lipinski definition) is 1. The largest absolute Gasteiger partial charge is 0.493 e. The molecule has 3 rings (SSSR count). The lowest BCUT2D eigenvalue weighted by Gasteiger charge is -2.27. The lowest BCUT2D eigenvalue weighted by Crippen LogP contribution is -2.39. The number of anilines is 1. The molecule has 0 aliphatic rings. The number of Topliss-reactive ketones (excluding diaryl/α,β-unsaturated/α-hetero) is 1. The highest BCUT2D eigenvalue weighted by atomic mass is 16.5. The van der Waals surface area contributed by atoms with Crippen LogP contribution in [0.3, 0.4) is 0 Å². The second kappa shape index (κ2) is 11.5. The molecule has 0 bridgehead atoms. The molecule has 7 heteroatoms. The molecule has 0 aliphatic carbocycles. The molecule has 180 valence electrons. The quantitative estimate of drug-likeness (QED) is 0.435. The second-order valence-electron chi connectivity index (χ2n) is 8.31. The number of fused-ring (bicyclic) bond motifs is 1. The minimum absolute atomic E-state index is 0.0118. The molecule has 34 heavy (non-hydrogen) atoms. The van der Waals surface area contributed by atoms with Crippen molar-refractivity contribution in [1.82, 2.24) is 4.90 Å². The van der Waals surface area contributed by atoms with Gasteiger partial charge in [0.05, 0.1) is 20.8 Å². The normalized spacial score (nSPS) is 10.7. The molecule has 0 radical (unpaired) electrons. The Morgan fingerprint density at radius 2 is 1.62 bits per heavy atom. The molecule has 0 heterocycles. The Hall–Kier alpha value is -3.58. The van der Waals surface area contributed by atoms with Gasteiger partial charge in [-0.05, 0) is 66.6 Å². The van der Waals surface area contributed by atoms with Gasteiger partial charge in [-0.2, -0.15) is 0 Å². The summed E-state index contributed by atoms with van der Waals surface area (Å²) in [6.07, 6.45) is 0.719. The monoisotopic (exact) mass is 463 g/mol. The first-order valence-electron chi connectivity index (χ1n) is 11.3. The van der Waals surface area contributed by atoms with Gasteiger partial charge >= 0.3 is 0 Å². The summed E-state index contributed by atoms with van der Waals surface area (Å²) in [6.45, 7) is 3.34. The fourth-order valence-corrected chi connectivity index (χ4v) is 3.86. The topological polar surface area (TPSA) is 85.1 Å². The van der Waals surface area contributed by atoms with E-state index in [0.717, 1.165) is 28.4 Å². The van der Waals surface area contributed by atoms with Crippen LogP contribution in [0.4, 0.5) is 5.69 Å². The Bertz CT molecular complexity index is 1160. The van der Waals surface area contributed by atoms with Gasteiger partial charge in [0, 0.05) is 31.4 Å². The summed E-state index contributed by atoms with van der Waals surface area (Å²) >= 11 is 0. The first-order chi connectivity index (χ1) is 16.4. The Labute approximate surface area is 201 Å². The molecule has 0 aliphatic heterocycles. The fraction of sp³-hybridized carbons (Fsp3) is 0.333. The van der Waals surface area contributed by atoms with Crippen LogP contribution in [-0.2, 0) is 11.3 Å². The van der Waals surface area contributed by atoms with Crippen molar-refractivity contribution in [2.45, 2.75) is 19.9 Å². The zero-order valence-corrected chi connectivity index (χ0v) is 20.3. The summed E-state index contributed by atoms with van der Waals surface area (Å²) in [7, 11) is 5.10. The molecule has 0 spiro atoms. The van der Waals surface area contributed by atoms with Gasteiger partial charge in [-0.25, -0.2) is 0 Å². The van der Waals surface area contributed by atoms with Crippen LogP contribution in [0.2, 0.25) is 0 Å². The van der Waals surface area contributed by atoms with Crippen LogP contribution >= 0.6 is 0 Å². The van der Waals surface area contributed by atoms with E-state index in [9.17, 15) is 9.59 Å². The first-order valence-corrected chi connectivity index (χ1v) is 11.3. The third-order valence-electron chi connectivity index (χ3n) is 5.85. The van der Waals surface area contributed by atoms with Crippen LogP contribution in [0.15, 0.2) is 54.6 Å². The van der Waals surface area contributed by atoms with Crippen LogP contribution in [0.25, 0.3) is 10.8 Å². The maximum atomic E-state index is 13.2. The predicted octanol–water partition coefficient (Wildman–Crippen LogP) is 3.87. The summed E-state index contributed by atoms with van der Waals surface area (Å²) in [6, 6.07) is 17.3. The average molecular weight is 464 g/mol. The van der Waals surface area contributed by atoms with Crippen LogP contribution in [0.1, 0.15) is 29.3 Å². The smallest absolute Gasteiger partial charge is 0.242 e. The van der Waals surface area contributed by atoms with E-state index in [1.54, 1.807) is 21.1 Å². The third kappa shape index (κ3) is 6.05. The van der Waals surface area contributed by atoms with E-state index in [4.69, 9.17) is 15.2 Å². The summed E-state index contributed by atoms with van der Waals surface area (Å²) in [5, 5.41) is 2.02. The number of benzene rings is 3. The molecule has 0 saturated heterocycles. The van der Waals surface area contributed by atoms with Crippen molar-refractivity contribution < 1.29 is 19.1 Å². The maximum Gasteiger partial charge on any atom is 0.242 e. The third-order valence-corrected chi connectivity index (χ3v) is 5.85. The second-order valence-corrected chi connectivity index (χ2v) is 8.31. The molecule has 0 unspecified atom stereocenters. The first kappa shape index (κ1) is 25.1. The van der Waals surface area contributed by atoms with E-state index in [-0.39, 0.29) is 18.2 Å². The van der Waals surface area contributed by atoms with Crippen molar-refractivity contribution in [3.05, 3.63) is 65.7 Å². The van der Waals surface area contributed by atoms with Gasteiger partial charge in [-0.15, -0.1) is 0 Å². The molecule has 1 amide bonds. The SMILES string of the molecule is COc1ccc(CN(CCCN)C(=O)CN(C)c2ccc3cc(C(C)=O)ccc3c2)cc1OC. The lowest BCUT2D eigenvalue weighted by molar-refractivity contribution is -0.130. The van der Waals surface area contributed by atoms with Gasteiger partial charge in [0.2, 0.25) is 5.91 Å². The van der Waals surface area contributed by atoms with E-state index in [0.29, 0.717) is 36.7 Å². The van der Waals surface area contributed by atoms with E-state index in [2.05, 4.69) is 0 Å². The van der Waals surface area contributed by atoms with E-state index < -0.39 is 0 Å². The number of nitrogens with two attached hydrogens (primary N) is 1. The summed E-state index contributed by atoms with van der Waals surface area (Å²) in [4.78, 5) is 28.7. The molecule has 0 aromatic heterocycles. The minimum atomic E-state index is 0.0118. The van der Waals surface area contributed by atoms with Crippen LogP contribution in [-0.4, -0.2) is 57.5 Å². The fourth-order valence-electron chi connectivity index (χ4n) is 3.86. The molecule has 0 fully saturated rings. The molecule has 2 N–H and O–H groups in total. The van der Waals surface area contributed by atoms with E-state index in [1.165, 1.54) is 0 Å². The Balaban J connectivity index is 1.75. The number of carbonyl (C=O) groups is 2. The summed E-state index contributed by atoms with van der Waals surface area (Å²) in [5.41, 5.74) is 8.30. The van der Waals surface area contributed by atoms with Crippen LogP contribution in [0, 0.1) is 0 Å². The molecule has 0 atom stereocenters. The Kier molecular flexibility index (Phi) is 8.49. The van der Waals surface area contributed by atoms with Gasteiger partial charge in [0.25, 0.3) is 0 Å². The number of nitrogens with zero attached hydrogens (tertiary/aromatic N) is 2.